The lowest BCUT2D eigenvalue weighted by Gasteiger charge is -2.27. The zero-order valence-electron chi connectivity index (χ0n) is 15.0. The van der Waals surface area contributed by atoms with Crippen molar-refractivity contribution in [2.24, 2.45) is 0 Å². The van der Waals surface area contributed by atoms with Gasteiger partial charge >= 0.3 is 5.97 Å². The molecule has 0 saturated heterocycles. The van der Waals surface area contributed by atoms with Crippen LogP contribution in [0.25, 0.3) is 0 Å². The molecule has 136 valence electrons. The normalized spacial score (nSPS) is 16.1. The number of benzene rings is 1. The van der Waals surface area contributed by atoms with Gasteiger partial charge in [-0.05, 0) is 48.9 Å². The van der Waals surface area contributed by atoms with E-state index in [0.717, 1.165) is 11.3 Å². The first kappa shape index (κ1) is 17.7. The zero-order valence-corrected chi connectivity index (χ0v) is 15.0. The molecule has 0 fully saturated rings. The van der Waals surface area contributed by atoms with Gasteiger partial charge < -0.3 is 14.8 Å². The van der Waals surface area contributed by atoms with E-state index in [1.54, 1.807) is 11.6 Å². The Morgan fingerprint density at radius 3 is 2.77 bits per heavy atom. The van der Waals surface area contributed by atoms with E-state index in [0.29, 0.717) is 17.2 Å². The molecule has 1 aliphatic rings. The predicted octanol–water partition coefficient (Wildman–Crippen LogP) is 2.48. The van der Waals surface area contributed by atoms with Crippen molar-refractivity contribution in [1.29, 1.82) is 0 Å². The molecular weight excluding hydrogens is 334 g/mol. The highest BCUT2D eigenvalue weighted by Gasteiger charge is 2.34. The highest BCUT2D eigenvalue weighted by atomic mass is 16.5. The summed E-state index contributed by atoms with van der Waals surface area (Å²) < 4.78 is 12.5. The van der Waals surface area contributed by atoms with Gasteiger partial charge in [0.25, 0.3) is 0 Å². The van der Waals surface area contributed by atoms with Gasteiger partial charge in [-0.15, -0.1) is 0 Å². The molecule has 1 aromatic heterocycles. The number of tetrazole rings is 1. The minimum Gasteiger partial charge on any atom is -0.491 e. The second-order valence-electron chi connectivity index (χ2n) is 6.14. The minimum absolute atomic E-state index is 0.0810. The number of esters is 1. The van der Waals surface area contributed by atoms with E-state index in [9.17, 15) is 4.79 Å². The Balaban J connectivity index is 2.00. The fraction of sp³-hybridized carbons (Fsp3) is 0.333. The summed E-state index contributed by atoms with van der Waals surface area (Å²) in [5.74, 6) is 0.782. The third-order valence-electron chi connectivity index (χ3n) is 3.83. The minimum atomic E-state index is -0.494. The van der Waals surface area contributed by atoms with Crippen molar-refractivity contribution in [3.63, 3.8) is 0 Å². The van der Waals surface area contributed by atoms with Gasteiger partial charge in [0.15, 0.2) is 0 Å². The van der Waals surface area contributed by atoms with E-state index < -0.39 is 12.0 Å². The molecule has 1 N–H and O–H groups in total. The van der Waals surface area contributed by atoms with Gasteiger partial charge in [0, 0.05) is 5.70 Å². The van der Waals surface area contributed by atoms with E-state index in [4.69, 9.17) is 9.47 Å². The SMILES string of the molecule is C=CCOC(=O)C1=C(C)Nc2nnnn2C1c1ccc(OC(C)C)cc1. The van der Waals surface area contributed by atoms with Crippen molar-refractivity contribution in [1.82, 2.24) is 20.2 Å². The molecule has 0 aliphatic carbocycles. The molecule has 2 aromatic rings. The summed E-state index contributed by atoms with van der Waals surface area (Å²) in [5.41, 5.74) is 1.94. The van der Waals surface area contributed by atoms with Crippen LogP contribution in [0.2, 0.25) is 0 Å². The Kier molecular flexibility index (Phi) is 5.01. The molecule has 8 heteroatoms. The van der Waals surface area contributed by atoms with Crippen LogP contribution in [0.1, 0.15) is 32.4 Å². The Labute approximate surface area is 151 Å². The first-order valence-electron chi connectivity index (χ1n) is 8.31. The fourth-order valence-electron chi connectivity index (χ4n) is 2.80. The number of ether oxygens (including phenoxy) is 2. The van der Waals surface area contributed by atoms with Gasteiger partial charge in [0.2, 0.25) is 5.95 Å². The van der Waals surface area contributed by atoms with Gasteiger partial charge in [-0.3, -0.25) is 0 Å². The number of nitrogens with one attached hydrogen (secondary N) is 1. The molecule has 0 radical (unpaired) electrons. The van der Waals surface area contributed by atoms with Crippen LogP contribution in [0.15, 0.2) is 48.2 Å². The van der Waals surface area contributed by atoms with E-state index in [2.05, 4.69) is 27.4 Å². The number of nitrogens with zero attached hydrogens (tertiary/aromatic N) is 4. The Morgan fingerprint density at radius 2 is 2.12 bits per heavy atom. The second-order valence-corrected chi connectivity index (χ2v) is 6.14. The first-order chi connectivity index (χ1) is 12.5. The van der Waals surface area contributed by atoms with Crippen LogP contribution in [0.4, 0.5) is 5.95 Å². The predicted molar refractivity (Wildman–Crippen MR) is 95.6 cm³/mol. The average Bonchev–Trinajstić information content (AvgIpc) is 3.06. The number of carbonyl (C=O) groups is 1. The largest absolute Gasteiger partial charge is 0.491 e. The third-order valence-corrected chi connectivity index (χ3v) is 3.83. The van der Waals surface area contributed by atoms with Crippen molar-refractivity contribution in [2.75, 3.05) is 11.9 Å². The Hall–Kier alpha value is -3.16. The first-order valence-corrected chi connectivity index (χ1v) is 8.31. The molecule has 0 bridgehead atoms. The Morgan fingerprint density at radius 1 is 1.38 bits per heavy atom. The van der Waals surface area contributed by atoms with Gasteiger partial charge in [0.1, 0.15) is 18.4 Å². The molecule has 8 nitrogen and oxygen atoms in total. The summed E-state index contributed by atoms with van der Waals surface area (Å²) in [7, 11) is 0. The lowest BCUT2D eigenvalue weighted by molar-refractivity contribution is -0.138. The summed E-state index contributed by atoms with van der Waals surface area (Å²) in [6.45, 7) is 9.44. The number of anilines is 1. The maximum Gasteiger partial charge on any atom is 0.338 e. The van der Waals surface area contributed by atoms with Gasteiger partial charge in [0.05, 0.1) is 11.7 Å². The lowest BCUT2D eigenvalue weighted by Crippen LogP contribution is -2.29. The number of hydrogen-bond donors (Lipinski definition) is 1. The van der Waals surface area contributed by atoms with Crippen LogP contribution < -0.4 is 10.1 Å². The summed E-state index contributed by atoms with van der Waals surface area (Å²) in [6, 6.07) is 7.03. The van der Waals surface area contributed by atoms with E-state index in [1.807, 2.05) is 38.1 Å². The molecule has 2 heterocycles. The monoisotopic (exact) mass is 355 g/mol. The number of rotatable bonds is 6. The molecule has 0 saturated carbocycles. The highest BCUT2D eigenvalue weighted by Crippen LogP contribution is 2.35. The van der Waals surface area contributed by atoms with Gasteiger partial charge in [-0.2, -0.15) is 4.68 Å². The van der Waals surface area contributed by atoms with Crippen molar-refractivity contribution in [3.05, 3.63) is 53.8 Å². The quantitative estimate of drug-likeness (QED) is 0.629. The highest BCUT2D eigenvalue weighted by molar-refractivity contribution is 5.92. The maximum absolute atomic E-state index is 12.6. The fourth-order valence-corrected chi connectivity index (χ4v) is 2.80. The molecular formula is C18H21N5O3. The van der Waals surface area contributed by atoms with Crippen LogP contribution in [-0.2, 0) is 9.53 Å². The summed E-state index contributed by atoms with van der Waals surface area (Å²) in [4.78, 5) is 12.6. The summed E-state index contributed by atoms with van der Waals surface area (Å²) >= 11 is 0. The molecule has 1 atom stereocenters. The molecule has 26 heavy (non-hydrogen) atoms. The van der Waals surface area contributed by atoms with Crippen LogP contribution in [-0.4, -0.2) is 38.9 Å². The maximum atomic E-state index is 12.6. The third kappa shape index (κ3) is 3.44. The van der Waals surface area contributed by atoms with Crippen LogP contribution in [0, 0.1) is 0 Å². The molecule has 3 rings (SSSR count). The van der Waals surface area contributed by atoms with Gasteiger partial charge in [-0.1, -0.05) is 29.9 Å². The number of fused-ring (bicyclic) bond motifs is 1. The summed E-state index contributed by atoms with van der Waals surface area (Å²) in [6.07, 6.45) is 1.61. The molecule has 1 unspecified atom stereocenters. The number of allylic oxidation sites excluding steroid dienone is 1. The number of carbonyl (C=O) groups excluding carboxylic acids is 1. The van der Waals surface area contributed by atoms with Crippen LogP contribution in [0.5, 0.6) is 5.75 Å². The smallest absolute Gasteiger partial charge is 0.338 e. The Bertz CT molecular complexity index is 839. The van der Waals surface area contributed by atoms with E-state index in [1.165, 1.54) is 6.08 Å². The second kappa shape index (κ2) is 7.38. The standard InChI is InChI=1S/C18H21N5O3/c1-5-10-25-17(24)15-12(4)19-18-20-21-22-23(18)16(15)13-6-8-14(9-7-13)26-11(2)3/h5-9,11,16H,1,10H2,2-4H3,(H,19,20,22). The van der Waals surface area contributed by atoms with Crippen molar-refractivity contribution in [2.45, 2.75) is 32.9 Å². The van der Waals surface area contributed by atoms with Crippen LogP contribution in [0.3, 0.4) is 0 Å². The molecule has 1 aliphatic heterocycles. The van der Waals surface area contributed by atoms with Crippen molar-refractivity contribution < 1.29 is 14.3 Å². The summed E-state index contributed by atoms with van der Waals surface area (Å²) in [5, 5.41) is 14.7. The topological polar surface area (TPSA) is 91.2 Å². The zero-order chi connectivity index (χ0) is 18.7. The van der Waals surface area contributed by atoms with Crippen LogP contribution >= 0.6 is 0 Å². The average molecular weight is 355 g/mol. The number of aromatic nitrogens is 4. The van der Waals surface area contributed by atoms with E-state index >= 15 is 0 Å². The number of hydrogen-bond acceptors (Lipinski definition) is 7. The van der Waals surface area contributed by atoms with Gasteiger partial charge in [-0.25, -0.2) is 4.79 Å². The van der Waals surface area contributed by atoms with Crippen molar-refractivity contribution in [3.8, 4) is 5.75 Å². The molecule has 1 aromatic carbocycles. The lowest BCUT2D eigenvalue weighted by atomic mass is 9.96. The van der Waals surface area contributed by atoms with Crippen molar-refractivity contribution >= 4 is 11.9 Å². The molecule has 0 spiro atoms. The van der Waals surface area contributed by atoms with E-state index in [-0.39, 0.29) is 12.7 Å². The molecule has 0 amide bonds.